The Morgan fingerprint density at radius 3 is 2.05 bits per heavy atom. The van der Waals surface area contributed by atoms with Crippen molar-refractivity contribution in [1.29, 1.82) is 0 Å². The number of nitrogens with zero attached hydrogens (tertiary/aromatic N) is 2. The van der Waals surface area contributed by atoms with E-state index in [-0.39, 0.29) is 23.8 Å². The van der Waals surface area contributed by atoms with Crippen LogP contribution in [0, 0.1) is 11.8 Å². The van der Waals surface area contributed by atoms with Crippen molar-refractivity contribution in [3.05, 3.63) is 0 Å². The Balaban J connectivity index is 2.57. The quantitative estimate of drug-likeness (QED) is 0.806. The van der Waals surface area contributed by atoms with Crippen molar-refractivity contribution in [1.82, 2.24) is 9.80 Å². The minimum Gasteiger partial charge on any atom is -0.481 e. The van der Waals surface area contributed by atoms with E-state index >= 15 is 0 Å². The van der Waals surface area contributed by atoms with Crippen LogP contribution in [0.1, 0.15) is 39.5 Å². The summed E-state index contributed by atoms with van der Waals surface area (Å²) in [6.07, 6.45) is 2.68. The lowest BCUT2D eigenvalue weighted by atomic mass is 9.81. The van der Waals surface area contributed by atoms with Gasteiger partial charge in [-0.3, -0.25) is 9.59 Å². The van der Waals surface area contributed by atoms with Gasteiger partial charge in [-0.05, 0) is 53.6 Å². The highest BCUT2D eigenvalue weighted by atomic mass is 16.4. The van der Waals surface area contributed by atoms with Gasteiger partial charge >= 0.3 is 5.97 Å². The maximum atomic E-state index is 12.6. The molecule has 0 saturated heterocycles. The number of amides is 1. The number of hydrogen-bond donors (Lipinski definition) is 1. The summed E-state index contributed by atoms with van der Waals surface area (Å²) < 4.78 is 0. The van der Waals surface area contributed by atoms with E-state index in [4.69, 9.17) is 5.11 Å². The molecule has 0 aromatic carbocycles. The van der Waals surface area contributed by atoms with Crippen molar-refractivity contribution in [2.75, 3.05) is 27.2 Å². The Labute approximate surface area is 121 Å². The van der Waals surface area contributed by atoms with E-state index in [1.54, 1.807) is 0 Å². The standard InChI is InChI=1S/C15H28N2O3/c1-5-17(11(2)10-16(3)4)14(18)12-6-8-13(9-7-12)15(19)20/h11-13H,5-10H2,1-4H3,(H,19,20). The molecule has 5 nitrogen and oxygen atoms in total. The lowest BCUT2D eigenvalue weighted by Crippen LogP contribution is -2.47. The number of carboxylic acids is 1. The van der Waals surface area contributed by atoms with Gasteiger partial charge in [0.1, 0.15) is 0 Å². The Morgan fingerprint density at radius 2 is 1.65 bits per heavy atom. The lowest BCUT2D eigenvalue weighted by Gasteiger charge is -2.35. The normalized spacial score (nSPS) is 24.4. The van der Waals surface area contributed by atoms with Gasteiger partial charge in [0.25, 0.3) is 0 Å². The number of hydrogen-bond acceptors (Lipinski definition) is 3. The summed E-state index contributed by atoms with van der Waals surface area (Å²) in [7, 11) is 4.01. The molecule has 0 aliphatic heterocycles. The molecule has 0 spiro atoms. The van der Waals surface area contributed by atoms with E-state index < -0.39 is 5.97 Å². The highest BCUT2D eigenvalue weighted by molar-refractivity contribution is 5.79. The number of aliphatic carboxylic acids is 1. The van der Waals surface area contributed by atoms with Gasteiger partial charge in [0, 0.05) is 25.0 Å². The molecule has 20 heavy (non-hydrogen) atoms. The van der Waals surface area contributed by atoms with E-state index in [1.807, 2.05) is 25.9 Å². The zero-order valence-electron chi connectivity index (χ0n) is 13.1. The van der Waals surface area contributed by atoms with Crippen molar-refractivity contribution >= 4 is 11.9 Å². The van der Waals surface area contributed by atoms with Crippen LogP contribution in [-0.2, 0) is 9.59 Å². The summed E-state index contributed by atoms with van der Waals surface area (Å²) in [6.45, 7) is 5.65. The second-order valence-corrected chi connectivity index (χ2v) is 6.12. The second-order valence-electron chi connectivity index (χ2n) is 6.12. The zero-order chi connectivity index (χ0) is 15.3. The summed E-state index contributed by atoms with van der Waals surface area (Å²) in [6, 6.07) is 0.194. The average molecular weight is 284 g/mol. The van der Waals surface area contributed by atoms with Crippen LogP contribution in [0.4, 0.5) is 0 Å². The first-order chi connectivity index (χ1) is 9.36. The summed E-state index contributed by atoms with van der Waals surface area (Å²) >= 11 is 0. The molecule has 1 N–H and O–H groups in total. The maximum absolute atomic E-state index is 12.6. The molecule has 1 aliphatic carbocycles. The Kier molecular flexibility index (Phi) is 6.46. The maximum Gasteiger partial charge on any atom is 0.306 e. The molecule has 1 atom stereocenters. The first-order valence-corrected chi connectivity index (χ1v) is 7.54. The van der Waals surface area contributed by atoms with Crippen molar-refractivity contribution in [3.63, 3.8) is 0 Å². The van der Waals surface area contributed by atoms with Gasteiger partial charge in [-0.2, -0.15) is 0 Å². The van der Waals surface area contributed by atoms with Gasteiger partial charge < -0.3 is 14.9 Å². The van der Waals surface area contributed by atoms with E-state index in [0.717, 1.165) is 6.54 Å². The highest BCUT2D eigenvalue weighted by Gasteiger charge is 2.32. The van der Waals surface area contributed by atoms with Gasteiger partial charge in [-0.1, -0.05) is 0 Å². The van der Waals surface area contributed by atoms with Gasteiger partial charge in [-0.15, -0.1) is 0 Å². The molecule has 1 amide bonds. The Hall–Kier alpha value is -1.10. The molecule has 1 rings (SSSR count). The van der Waals surface area contributed by atoms with E-state index in [0.29, 0.717) is 32.2 Å². The van der Waals surface area contributed by atoms with Crippen LogP contribution < -0.4 is 0 Å². The van der Waals surface area contributed by atoms with Crippen LogP contribution in [0.15, 0.2) is 0 Å². The van der Waals surface area contributed by atoms with Crippen molar-refractivity contribution in [2.45, 2.75) is 45.6 Å². The fraction of sp³-hybridized carbons (Fsp3) is 0.867. The van der Waals surface area contributed by atoms with Gasteiger partial charge in [0.15, 0.2) is 0 Å². The molecule has 1 unspecified atom stereocenters. The molecule has 1 saturated carbocycles. The third-order valence-corrected chi connectivity index (χ3v) is 4.21. The smallest absolute Gasteiger partial charge is 0.306 e. The fourth-order valence-corrected chi connectivity index (χ4v) is 3.13. The Bertz CT molecular complexity index is 336. The molecule has 0 bridgehead atoms. The largest absolute Gasteiger partial charge is 0.481 e. The number of carboxylic acid groups (broad SMARTS) is 1. The van der Waals surface area contributed by atoms with E-state index in [1.165, 1.54) is 0 Å². The van der Waals surface area contributed by atoms with Gasteiger partial charge in [-0.25, -0.2) is 0 Å². The van der Waals surface area contributed by atoms with Gasteiger partial charge in [0.05, 0.1) is 5.92 Å². The minimum atomic E-state index is -0.718. The molecular weight excluding hydrogens is 256 g/mol. The van der Waals surface area contributed by atoms with Crippen molar-refractivity contribution in [2.24, 2.45) is 11.8 Å². The topological polar surface area (TPSA) is 60.9 Å². The SMILES string of the molecule is CCN(C(=O)C1CCC(C(=O)O)CC1)C(C)CN(C)C. The van der Waals surface area contributed by atoms with Gasteiger partial charge in [0.2, 0.25) is 5.91 Å². The van der Waals surface area contributed by atoms with Crippen LogP contribution in [0.3, 0.4) is 0 Å². The molecule has 0 heterocycles. The Morgan fingerprint density at radius 1 is 1.15 bits per heavy atom. The van der Waals surface area contributed by atoms with Crippen molar-refractivity contribution in [3.8, 4) is 0 Å². The third-order valence-electron chi connectivity index (χ3n) is 4.21. The summed E-state index contributed by atoms with van der Waals surface area (Å²) in [4.78, 5) is 27.6. The van der Waals surface area contributed by atoms with Crippen LogP contribution in [-0.4, -0.2) is 60.0 Å². The molecule has 0 aromatic heterocycles. The summed E-state index contributed by atoms with van der Waals surface area (Å²) in [5.41, 5.74) is 0. The molecule has 1 fully saturated rings. The van der Waals surface area contributed by atoms with Crippen LogP contribution in [0.2, 0.25) is 0 Å². The number of rotatable bonds is 6. The summed E-state index contributed by atoms with van der Waals surface area (Å²) in [5.74, 6) is -0.765. The van der Waals surface area contributed by atoms with E-state index in [2.05, 4.69) is 11.8 Å². The number of likely N-dealkylation sites (N-methyl/N-ethyl adjacent to an activating group) is 2. The highest BCUT2D eigenvalue weighted by Crippen LogP contribution is 2.30. The first-order valence-electron chi connectivity index (χ1n) is 7.54. The second kappa shape index (κ2) is 7.62. The fourth-order valence-electron chi connectivity index (χ4n) is 3.13. The molecule has 0 aromatic rings. The van der Waals surface area contributed by atoms with Crippen LogP contribution in [0.25, 0.3) is 0 Å². The predicted octanol–water partition coefficient (Wildman–Crippen LogP) is 1.68. The molecule has 5 heteroatoms. The van der Waals surface area contributed by atoms with Crippen LogP contribution in [0.5, 0.6) is 0 Å². The number of carbonyl (C=O) groups excluding carboxylic acids is 1. The molecule has 1 aliphatic rings. The predicted molar refractivity (Wildman–Crippen MR) is 78.5 cm³/mol. The van der Waals surface area contributed by atoms with E-state index in [9.17, 15) is 9.59 Å². The van der Waals surface area contributed by atoms with Crippen molar-refractivity contribution < 1.29 is 14.7 Å². The first kappa shape index (κ1) is 17.0. The molecule has 116 valence electrons. The minimum absolute atomic E-state index is 0.00941. The van der Waals surface area contributed by atoms with Crippen LogP contribution >= 0.6 is 0 Å². The number of carbonyl (C=O) groups is 2. The zero-order valence-corrected chi connectivity index (χ0v) is 13.1. The summed E-state index contributed by atoms with van der Waals surface area (Å²) in [5, 5.41) is 9.00. The monoisotopic (exact) mass is 284 g/mol. The third kappa shape index (κ3) is 4.47. The molecule has 0 radical (unpaired) electrons. The molecular formula is C15H28N2O3. The lowest BCUT2D eigenvalue weighted by molar-refractivity contribution is -0.146. The average Bonchev–Trinajstić information content (AvgIpc) is 2.38.